The van der Waals surface area contributed by atoms with E-state index in [2.05, 4.69) is 25.6 Å². The molecule has 0 aliphatic carbocycles. The van der Waals surface area contributed by atoms with Crippen molar-refractivity contribution in [3.05, 3.63) is 75.7 Å². The minimum atomic E-state index is -0.453. The highest BCUT2D eigenvalue weighted by molar-refractivity contribution is 6.36. The summed E-state index contributed by atoms with van der Waals surface area (Å²) in [5.41, 5.74) is 1.99. The number of carbonyl (C=O) groups is 1. The summed E-state index contributed by atoms with van der Waals surface area (Å²) in [5.74, 6) is 0.305. The van der Waals surface area contributed by atoms with E-state index in [9.17, 15) is 4.79 Å². The molecular formula is C18H14Cl2N6O. The normalized spacial score (nSPS) is 13.0. The standard InChI is InChI=1S/C18H14Cl2N6O/c19-12-4-3-5-13(20)11(12)8-26-10-24-16(15-17(26)23-9-22-15)25-18(27)14-6-1-2-7-21-14/h1-7,10,22-23H,8-9H2. The summed E-state index contributed by atoms with van der Waals surface area (Å²) in [6, 6.07) is 10.5. The number of rotatable bonds is 3. The van der Waals surface area contributed by atoms with Crippen LogP contribution in [0.1, 0.15) is 16.1 Å². The van der Waals surface area contributed by atoms with Gasteiger partial charge in [0.25, 0.3) is 5.91 Å². The van der Waals surface area contributed by atoms with E-state index in [0.717, 1.165) is 11.4 Å². The summed E-state index contributed by atoms with van der Waals surface area (Å²) >= 11 is 12.5. The number of anilines is 2. The molecule has 1 aromatic carbocycles. The molecule has 0 spiro atoms. The summed E-state index contributed by atoms with van der Waals surface area (Å²) in [6.07, 6.45) is 3.15. The summed E-state index contributed by atoms with van der Waals surface area (Å²) < 4.78 is 1.87. The van der Waals surface area contributed by atoms with Gasteiger partial charge in [-0.2, -0.15) is 4.99 Å². The van der Waals surface area contributed by atoms with E-state index in [1.807, 2.05) is 4.57 Å². The first kappa shape index (κ1) is 17.5. The number of nitrogens with one attached hydrogen (secondary N) is 2. The first-order valence-electron chi connectivity index (χ1n) is 8.13. The number of halogens is 2. The molecule has 3 heterocycles. The molecule has 9 heteroatoms. The summed E-state index contributed by atoms with van der Waals surface area (Å²) in [4.78, 5) is 24.8. The second-order valence-corrected chi connectivity index (χ2v) is 6.60. The van der Waals surface area contributed by atoms with Crippen LogP contribution < -0.4 is 16.1 Å². The molecule has 2 N–H and O–H groups in total. The Hall–Kier alpha value is -2.90. The number of pyridine rings is 1. The van der Waals surface area contributed by atoms with Gasteiger partial charge in [-0.05, 0) is 24.3 Å². The van der Waals surface area contributed by atoms with Gasteiger partial charge < -0.3 is 15.2 Å². The zero-order valence-electron chi connectivity index (χ0n) is 14.0. The van der Waals surface area contributed by atoms with E-state index >= 15 is 0 Å². The molecule has 1 aliphatic rings. The van der Waals surface area contributed by atoms with Crippen LogP contribution in [-0.4, -0.2) is 27.1 Å². The molecule has 0 unspecified atom stereocenters. The Balaban J connectivity index is 1.73. The van der Waals surface area contributed by atoms with Gasteiger partial charge in [-0.25, -0.2) is 4.98 Å². The van der Waals surface area contributed by atoms with Gasteiger partial charge in [-0.1, -0.05) is 35.3 Å². The molecule has 4 rings (SSSR count). The monoisotopic (exact) mass is 400 g/mol. The number of amides is 1. The molecule has 0 fully saturated rings. The average Bonchev–Trinajstić information content (AvgIpc) is 3.17. The van der Waals surface area contributed by atoms with Gasteiger partial charge in [-0.3, -0.25) is 9.78 Å². The largest absolute Gasteiger partial charge is 0.362 e. The third kappa shape index (κ3) is 3.51. The van der Waals surface area contributed by atoms with Gasteiger partial charge in [0.05, 0.1) is 19.5 Å². The lowest BCUT2D eigenvalue weighted by Gasteiger charge is -2.14. The van der Waals surface area contributed by atoms with Crippen LogP contribution in [0.15, 0.2) is 53.9 Å². The lowest BCUT2D eigenvalue weighted by atomic mass is 10.2. The van der Waals surface area contributed by atoms with Crippen LogP contribution in [0, 0.1) is 0 Å². The van der Waals surface area contributed by atoms with Crippen molar-refractivity contribution in [2.24, 2.45) is 4.99 Å². The Kier molecular flexibility index (Phi) is 4.79. The Morgan fingerprint density at radius 3 is 2.67 bits per heavy atom. The van der Waals surface area contributed by atoms with Crippen LogP contribution in [0.2, 0.25) is 10.0 Å². The minimum Gasteiger partial charge on any atom is -0.362 e. The SMILES string of the molecule is O=C(N=c1ncn(Cc2c(Cl)cccc2Cl)c2c1NCN2)c1ccccn1. The van der Waals surface area contributed by atoms with Crippen molar-refractivity contribution in [1.82, 2.24) is 14.5 Å². The minimum absolute atomic E-state index is 0.263. The lowest BCUT2D eigenvalue weighted by Crippen LogP contribution is -2.18. The van der Waals surface area contributed by atoms with Crippen LogP contribution in [0.25, 0.3) is 0 Å². The number of aromatic nitrogens is 3. The quantitative estimate of drug-likeness (QED) is 0.705. The molecule has 0 saturated carbocycles. The highest BCUT2D eigenvalue weighted by Crippen LogP contribution is 2.28. The summed E-state index contributed by atoms with van der Waals surface area (Å²) in [7, 11) is 0. The Morgan fingerprint density at radius 1 is 1.11 bits per heavy atom. The predicted octanol–water partition coefficient (Wildman–Crippen LogP) is 3.17. The van der Waals surface area contributed by atoms with Crippen molar-refractivity contribution >= 4 is 40.6 Å². The maximum absolute atomic E-state index is 12.3. The maximum Gasteiger partial charge on any atom is 0.297 e. The fourth-order valence-electron chi connectivity index (χ4n) is 2.77. The van der Waals surface area contributed by atoms with Crippen molar-refractivity contribution in [3.63, 3.8) is 0 Å². The van der Waals surface area contributed by atoms with Crippen LogP contribution in [0.4, 0.5) is 11.5 Å². The fraction of sp³-hybridized carbons (Fsp3) is 0.111. The number of carbonyl (C=O) groups excluding carboxylic acids is 1. The van der Waals surface area contributed by atoms with Gasteiger partial charge in [0, 0.05) is 21.8 Å². The van der Waals surface area contributed by atoms with E-state index in [1.54, 1.807) is 48.9 Å². The van der Waals surface area contributed by atoms with Crippen molar-refractivity contribution in [1.29, 1.82) is 0 Å². The fourth-order valence-corrected chi connectivity index (χ4v) is 3.28. The number of hydrogen-bond acceptors (Lipinski definition) is 5. The second kappa shape index (κ2) is 7.38. The maximum atomic E-state index is 12.3. The van der Waals surface area contributed by atoms with Gasteiger partial charge in [0.15, 0.2) is 5.49 Å². The first-order chi connectivity index (χ1) is 13.1. The average molecular weight is 401 g/mol. The molecule has 2 aromatic heterocycles. The molecular weight excluding hydrogens is 387 g/mol. The molecule has 7 nitrogen and oxygen atoms in total. The molecule has 0 radical (unpaired) electrons. The molecule has 1 amide bonds. The van der Waals surface area contributed by atoms with E-state index in [4.69, 9.17) is 23.2 Å². The molecule has 0 atom stereocenters. The number of benzene rings is 1. The van der Waals surface area contributed by atoms with Crippen molar-refractivity contribution in [2.75, 3.05) is 17.3 Å². The predicted molar refractivity (Wildman–Crippen MR) is 104 cm³/mol. The lowest BCUT2D eigenvalue weighted by molar-refractivity contribution is 0.0993. The molecule has 0 saturated heterocycles. The van der Waals surface area contributed by atoms with E-state index in [1.165, 1.54) is 0 Å². The summed E-state index contributed by atoms with van der Waals surface area (Å²) in [6.45, 7) is 0.925. The number of hydrogen-bond donors (Lipinski definition) is 2. The highest BCUT2D eigenvalue weighted by atomic mass is 35.5. The van der Waals surface area contributed by atoms with E-state index in [0.29, 0.717) is 34.4 Å². The molecule has 136 valence electrons. The van der Waals surface area contributed by atoms with Crippen LogP contribution in [0.5, 0.6) is 0 Å². The number of nitrogens with zero attached hydrogens (tertiary/aromatic N) is 4. The van der Waals surface area contributed by atoms with Crippen molar-refractivity contribution < 1.29 is 4.79 Å². The van der Waals surface area contributed by atoms with Crippen LogP contribution in [0.3, 0.4) is 0 Å². The summed E-state index contributed by atoms with van der Waals surface area (Å²) in [5, 5.41) is 7.53. The molecule has 27 heavy (non-hydrogen) atoms. The van der Waals surface area contributed by atoms with Gasteiger partial charge >= 0.3 is 0 Å². The van der Waals surface area contributed by atoms with Crippen molar-refractivity contribution in [3.8, 4) is 0 Å². The first-order valence-corrected chi connectivity index (χ1v) is 8.89. The Morgan fingerprint density at radius 2 is 1.93 bits per heavy atom. The zero-order valence-corrected chi connectivity index (χ0v) is 15.5. The van der Waals surface area contributed by atoms with E-state index in [-0.39, 0.29) is 5.69 Å². The molecule has 0 bridgehead atoms. The molecule has 3 aromatic rings. The highest BCUT2D eigenvalue weighted by Gasteiger charge is 2.18. The third-order valence-corrected chi connectivity index (χ3v) is 4.78. The van der Waals surface area contributed by atoms with E-state index < -0.39 is 5.91 Å². The zero-order chi connectivity index (χ0) is 18.8. The second-order valence-electron chi connectivity index (χ2n) is 5.78. The van der Waals surface area contributed by atoms with Gasteiger partial charge in [0.1, 0.15) is 17.2 Å². The Labute approximate surface area is 164 Å². The topological polar surface area (TPSA) is 84.2 Å². The smallest absolute Gasteiger partial charge is 0.297 e. The Bertz CT molecular complexity index is 1060. The van der Waals surface area contributed by atoms with Crippen LogP contribution >= 0.6 is 23.2 Å². The van der Waals surface area contributed by atoms with Gasteiger partial charge in [0.2, 0.25) is 0 Å². The molecule has 1 aliphatic heterocycles. The number of fused-ring (bicyclic) bond motifs is 1. The third-order valence-electron chi connectivity index (χ3n) is 4.07. The van der Waals surface area contributed by atoms with Crippen molar-refractivity contribution in [2.45, 2.75) is 6.54 Å². The van der Waals surface area contributed by atoms with Crippen LogP contribution in [-0.2, 0) is 6.54 Å². The van der Waals surface area contributed by atoms with Gasteiger partial charge in [-0.15, -0.1) is 0 Å².